The van der Waals surface area contributed by atoms with E-state index in [2.05, 4.69) is 30.6 Å². The highest BCUT2D eigenvalue weighted by Crippen LogP contribution is 2.20. The molecular weight excluding hydrogens is 274 g/mol. The Kier molecular flexibility index (Phi) is 5.59. The fraction of sp³-hybridized carbons (Fsp3) is 0.611. The van der Waals surface area contributed by atoms with Crippen molar-refractivity contribution in [3.05, 3.63) is 30.3 Å². The molecule has 1 fully saturated rings. The normalized spacial score (nSPS) is 17.5. The van der Waals surface area contributed by atoms with Crippen LogP contribution < -0.4 is 4.90 Å². The molecule has 4 heteroatoms. The van der Waals surface area contributed by atoms with Gasteiger partial charge in [0.05, 0.1) is 6.54 Å². The van der Waals surface area contributed by atoms with E-state index in [9.17, 15) is 4.79 Å². The fourth-order valence-electron chi connectivity index (χ4n) is 2.83. The first-order valence-electron chi connectivity index (χ1n) is 8.23. The van der Waals surface area contributed by atoms with E-state index in [4.69, 9.17) is 0 Å². The van der Waals surface area contributed by atoms with Crippen LogP contribution in [0.1, 0.15) is 27.2 Å². The summed E-state index contributed by atoms with van der Waals surface area (Å²) >= 11 is 0. The van der Waals surface area contributed by atoms with Gasteiger partial charge in [-0.25, -0.2) is 0 Å². The number of benzene rings is 1. The van der Waals surface area contributed by atoms with Crippen molar-refractivity contribution in [1.29, 1.82) is 0 Å². The van der Waals surface area contributed by atoms with Crippen molar-refractivity contribution < 1.29 is 4.79 Å². The summed E-state index contributed by atoms with van der Waals surface area (Å²) in [5, 5.41) is 0. The fourth-order valence-corrected chi connectivity index (χ4v) is 2.83. The number of amides is 1. The van der Waals surface area contributed by atoms with Crippen LogP contribution in [0.2, 0.25) is 0 Å². The molecule has 22 heavy (non-hydrogen) atoms. The van der Waals surface area contributed by atoms with Crippen molar-refractivity contribution in [3.8, 4) is 0 Å². The molecular formula is C18H29N3O. The highest BCUT2D eigenvalue weighted by molar-refractivity contribution is 5.94. The maximum atomic E-state index is 12.4. The molecule has 0 radical (unpaired) electrons. The third-order valence-electron chi connectivity index (χ3n) is 4.97. The lowest BCUT2D eigenvalue weighted by Crippen LogP contribution is -2.55. The monoisotopic (exact) mass is 303 g/mol. The van der Waals surface area contributed by atoms with Gasteiger partial charge >= 0.3 is 0 Å². The third kappa shape index (κ3) is 4.08. The van der Waals surface area contributed by atoms with Crippen LogP contribution in [0.25, 0.3) is 0 Å². The largest absolute Gasteiger partial charge is 0.314 e. The number of hydrogen-bond donors (Lipinski definition) is 0. The number of para-hydroxylation sites is 1. The van der Waals surface area contributed by atoms with Gasteiger partial charge in [-0.3, -0.25) is 14.6 Å². The molecule has 1 saturated heterocycles. The van der Waals surface area contributed by atoms with Crippen molar-refractivity contribution in [2.75, 3.05) is 44.7 Å². The van der Waals surface area contributed by atoms with Gasteiger partial charge in [-0.15, -0.1) is 0 Å². The van der Waals surface area contributed by atoms with Gasteiger partial charge < -0.3 is 4.90 Å². The second-order valence-electron chi connectivity index (χ2n) is 6.72. The van der Waals surface area contributed by atoms with Gasteiger partial charge in [-0.2, -0.15) is 0 Å². The van der Waals surface area contributed by atoms with Crippen LogP contribution in [-0.4, -0.2) is 61.0 Å². The van der Waals surface area contributed by atoms with Crippen LogP contribution in [0, 0.1) is 0 Å². The lowest BCUT2D eigenvalue weighted by Gasteiger charge is -2.43. The minimum atomic E-state index is 0.161. The van der Waals surface area contributed by atoms with E-state index in [-0.39, 0.29) is 11.4 Å². The number of carbonyl (C=O) groups excluding carboxylic acids is 1. The first kappa shape index (κ1) is 17.0. The van der Waals surface area contributed by atoms with Crippen molar-refractivity contribution in [1.82, 2.24) is 9.80 Å². The molecule has 0 aliphatic carbocycles. The average Bonchev–Trinajstić information content (AvgIpc) is 2.55. The molecule has 1 aliphatic heterocycles. The van der Waals surface area contributed by atoms with Gasteiger partial charge in [0, 0.05) is 44.5 Å². The number of piperazine rings is 1. The number of rotatable bonds is 5. The number of anilines is 1. The Labute approximate surface area is 134 Å². The van der Waals surface area contributed by atoms with Crippen molar-refractivity contribution in [2.24, 2.45) is 0 Å². The topological polar surface area (TPSA) is 26.8 Å². The summed E-state index contributed by atoms with van der Waals surface area (Å²) in [6.45, 7) is 11.4. The predicted molar refractivity (Wildman–Crippen MR) is 92.2 cm³/mol. The van der Waals surface area contributed by atoms with E-state index < -0.39 is 0 Å². The van der Waals surface area contributed by atoms with Crippen LogP contribution in [0.5, 0.6) is 0 Å². The molecule has 0 saturated carbocycles. The SMILES string of the molecule is CCC(C)(C)N1CCN(CC(=O)N(C)c2ccccc2)CC1. The summed E-state index contributed by atoms with van der Waals surface area (Å²) in [6, 6.07) is 9.84. The third-order valence-corrected chi connectivity index (χ3v) is 4.97. The molecule has 0 N–H and O–H groups in total. The van der Waals surface area contributed by atoms with Gasteiger partial charge in [0.25, 0.3) is 0 Å². The lowest BCUT2D eigenvalue weighted by molar-refractivity contribution is -0.120. The quantitative estimate of drug-likeness (QED) is 0.836. The van der Waals surface area contributed by atoms with Gasteiger partial charge in [0.1, 0.15) is 0 Å². The van der Waals surface area contributed by atoms with Crippen LogP contribution in [0.15, 0.2) is 30.3 Å². The van der Waals surface area contributed by atoms with Gasteiger partial charge in [-0.1, -0.05) is 25.1 Å². The summed E-state index contributed by atoms with van der Waals surface area (Å²) in [5.74, 6) is 0.161. The van der Waals surface area contributed by atoms with Crippen LogP contribution in [0.3, 0.4) is 0 Å². The van der Waals surface area contributed by atoms with E-state index in [1.54, 1.807) is 4.90 Å². The van der Waals surface area contributed by atoms with E-state index in [0.717, 1.165) is 38.3 Å². The van der Waals surface area contributed by atoms with Crippen LogP contribution in [-0.2, 0) is 4.79 Å². The molecule has 1 amide bonds. The summed E-state index contributed by atoms with van der Waals surface area (Å²) in [5.41, 5.74) is 1.22. The molecule has 1 aliphatic rings. The summed E-state index contributed by atoms with van der Waals surface area (Å²) < 4.78 is 0. The maximum absolute atomic E-state index is 12.4. The van der Waals surface area contributed by atoms with E-state index in [1.165, 1.54) is 0 Å². The van der Waals surface area contributed by atoms with Crippen LogP contribution in [0.4, 0.5) is 5.69 Å². The zero-order valence-corrected chi connectivity index (χ0v) is 14.4. The molecule has 122 valence electrons. The second kappa shape index (κ2) is 7.25. The number of carbonyl (C=O) groups is 1. The molecule has 4 nitrogen and oxygen atoms in total. The molecule has 2 rings (SSSR count). The highest BCUT2D eigenvalue weighted by atomic mass is 16.2. The Morgan fingerprint density at radius 3 is 2.27 bits per heavy atom. The first-order valence-corrected chi connectivity index (χ1v) is 8.23. The lowest BCUT2D eigenvalue weighted by atomic mass is 9.98. The van der Waals surface area contributed by atoms with E-state index in [0.29, 0.717) is 6.54 Å². The Morgan fingerprint density at radius 2 is 1.73 bits per heavy atom. The van der Waals surface area contributed by atoms with Gasteiger partial charge in [-0.05, 0) is 32.4 Å². The Bertz CT molecular complexity index is 478. The highest BCUT2D eigenvalue weighted by Gasteiger charge is 2.29. The molecule has 1 heterocycles. The molecule has 0 atom stereocenters. The molecule has 1 aromatic carbocycles. The summed E-state index contributed by atoms with van der Waals surface area (Å²) in [6.07, 6.45) is 1.16. The Balaban J connectivity index is 1.84. The van der Waals surface area contributed by atoms with Crippen molar-refractivity contribution in [3.63, 3.8) is 0 Å². The van der Waals surface area contributed by atoms with Crippen molar-refractivity contribution >= 4 is 11.6 Å². The first-order chi connectivity index (χ1) is 10.4. The maximum Gasteiger partial charge on any atom is 0.240 e. The number of hydrogen-bond acceptors (Lipinski definition) is 3. The second-order valence-corrected chi connectivity index (χ2v) is 6.72. The zero-order chi connectivity index (χ0) is 16.2. The molecule has 0 unspecified atom stereocenters. The molecule has 0 spiro atoms. The molecule has 0 aromatic heterocycles. The van der Waals surface area contributed by atoms with Gasteiger partial charge in [0.15, 0.2) is 0 Å². The summed E-state index contributed by atoms with van der Waals surface area (Å²) in [4.78, 5) is 19.0. The molecule has 0 bridgehead atoms. The van der Waals surface area contributed by atoms with Crippen molar-refractivity contribution in [2.45, 2.75) is 32.7 Å². The minimum absolute atomic E-state index is 0.161. The Hall–Kier alpha value is -1.39. The van der Waals surface area contributed by atoms with E-state index in [1.807, 2.05) is 37.4 Å². The number of nitrogens with zero attached hydrogens (tertiary/aromatic N) is 3. The average molecular weight is 303 g/mol. The molecule has 1 aromatic rings. The minimum Gasteiger partial charge on any atom is -0.314 e. The Morgan fingerprint density at radius 1 is 1.14 bits per heavy atom. The van der Waals surface area contributed by atoms with E-state index >= 15 is 0 Å². The summed E-state index contributed by atoms with van der Waals surface area (Å²) in [7, 11) is 1.86. The van der Waals surface area contributed by atoms with Gasteiger partial charge in [0.2, 0.25) is 5.91 Å². The van der Waals surface area contributed by atoms with Crippen LogP contribution >= 0.6 is 0 Å². The smallest absolute Gasteiger partial charge is 0.240 e. The predicted octanol–water partition coefficient (Wildman–Crippen LogP) is 2.46. The number of likely N-dealkylation sites (N-methyl/N-ethyl adjacent to an activating group) is 1. The zero-order valence-electron chi connectivity index (χ0n) is 14.4. The standard InChI is InChI=1S/C18H29N3O/c1-5-18(2,3)21-13-11-20(12-14-21)15-17(22)19(4)16-9-7-6-8-10-16/h6-10H,5,11-15H2,1-4H3.